The van der Waals surface area contributed by atoms with Gasteiger partial charge in [0.05, 0.1) is 0 Å². The van der Waals surface area contributed by atoms with E-state index in [1.807, 2.05) is 0 Å². The van der Waals surface area contributed by atoms with Crippen molar-refractivity contribution in [1.29, 1.82) is 0 Å². The van der Waals surface area contributed by atoms with Crippen LogP contribution in [-0.4, -0.2) is 37.2 Å². The van der Waals surface area contributed by atoms with Crippen LogP contribution in [0.15, 0.2) is 0 Å². The van der Waals surface area contributed by atoms with E-state index in [0.717, 1.165) is 75.5 Å². The third-order valence-electron chi connectivity index (χ3n) is 17.0. The molecule has 0 fully saturated rings. The van der Waals surface area contributed by atoms with Gasteiger partial charge in [-0.2, -0.15) is 0 Å². The van der Waals surface area contributed by atoms with Gasteiger partial charge in [0.15, 0.2) is 6.10 Å². The maximum Gasteiger partial charge on any atom is 0.306 e. The molecule has 0 aliphatic heterocycles. The molecule has 464 valence electrons. The van der Waals surface area contributed by atoms with Gasteiger partial charge >= 0.3 is 17.9 Å². The zero-order valence-electron chi connectivity index (χ0n) is 54.0. The predicted molar refractivity (Wildman–Crippen MR) is 339 cm³/mol. The largest absolute Gasteiger partial charge is 0.462 e. The van der Waals surface area contributed by atoms with Crippen LogP contribution in [-0.2, 0) is 28.6 Å². The molecule has 6 nitrogen and oxygen atoms in total. The topological polar surface area (TPSA) is 78.9 Å². The average molecular weight is 1100 g/mol. The number of ether oxygens (including phenoxy) is 3. The summed E-state index contributed by atoms with van der Waals surface area (Å²) in [5.41, 5.74) is 0. The van der Waals surface area contributed by atoms with Crippen molar-refractivity contribution in [2.75, 3.05) is 13.2 Å². The molecule has 1 unspecified atom stereocenters. The van der Waals surface area contributed by atoms with E-state index >= 15 is 0 Å². The van der Waals surface area contributed by atoms with Crippen molar-refractivity contribution < 1.29 is 28.6 Å². The highest BCUT2D eigenvalue weighted by Gasteiger charge is 2.20. The van der Waals surface area contributed by atoms with Crippen molar-refractivity contribution in [1.82, 2.24) is 0 Å². The summed E-state index contributed by atoms with van der Waals surface area (Å²) in [6, 6.07) is 0. The van der Waals surface area contributed by atoms with Crippen LogP contribution in [0, 0.1) is 17.8 Å². The molecule has 0 aromatic heterocycles. The average Bonchev–Trinajstić information content (AvgIpc) is 3.42. The number of rotatable bonds is 65. The van der Waals surface area contributed by atoms with Gasteiger partial charge in [-0.25, -0.2) is 0 Å². The summed E-state index contributed by atoms with van der Waals surface area (Å²) in [6.07, 6.45) is 71.1. The van der Waals surface area contributed by atoms with Crippen molar-refractivity contribution in [2.45, 2.75) is 414 Å². The van der Waals surface area contributed by atoms with Gasteiger partial charge < -0.3 is 14.2 Å². The van der Waals surface area contributed by atoms with Gasteiger partial charge in [0, 0.05) is 19.3 Å². The Morgan fingerprint density at radius 3 is 0.667 bits per heavy atom. The zero-order chi connectivity index (χ0) is 56.9. The first-order valence-electron chi connectivity index (χ1n) is 35.6. The van der Waals surface area contributed by atoms with Crippen LogP contribution in [0.2, 0.25) is 0 Å². The first-order valence-corrected chi connectivity index (χ1v) is 35.6. The minimum Gasteiger partial charge on any atom is -0.462 e. The molecule has 78 heavy (non-hydrogen) atoms. The fraction of sp³-hybridized carbons (Fsp3) is 0.958. The Morgan fingerprint density at radius 2 is 0.449 bits per heavy atom. The highest BCUT2D eigenvalue weighted by atomic mass is 16.6. The summed E-state index contributed by atoms with van der Waals surface area (Å²) in [7, 11) is 0. The minimum atomic E-state index is -0.765. The summed E-state index contributed by atoms with van der Waals surface area (Å²) < 4.78 is 17.0. The highest BCUT2D eigenvalue weighted by molar-refractivity contribution is 5.71. The van der Waals surface area contributed by atoms with E-state index in [1.54, 1.807) is 0 Å². The van der Waals surface area contributed by atoms with Crippen LogP contribution < -0.4 is 0 Å². The third kappa shape index (κ3) is 63.6. The maximum absolute atomic E-state index is 13.0. The summed E-state index contributed by atoms with van der Waals surface area (Å²) in [5, 5.41) is 0. The standard InChI is InChI=1S/C72H140O6/c1-7-68(6)60-54-48-42-36-30-24-20-21-26-32-38-44-50-56-62-71(74)77-65-69(78-72(75)63-57-51-45-39-33-27-19-15-11-9-13-17-23-29-35-41-47-53-59-67(4)5)64-76-70(73)61-55-49-43-37-31-25-18-14-10-8-12-16-22-28-34-40-46-52-58-66(2)3/h66-69H,7-65H2,1-6H3/t68?,69-/m0/s1. The van der Waals surface area contributed by atoms with E-state index in [0.29, 0.717) is 19.3 Å². The number of hydrogen-bond donors (Lipinski definition) is 0. The molecular weight excluding hydrogens is 961 g/mol. The van der Waals surface area contributed by atoms with E-state index in [4.69, 9.17) is 14.2 Å². The molecule has 0 aliphatic rings. The summed E-state index contributed by atoms with van der Waals surface area (Å²) in [4.78, 5) is 38.5. The van der Waals surface area contributed by atoms with Gasteiger partial charge in [-0.3, -0.25) is 14.4 Å². The van der Waals surface area contributed by atoms with Gasteiger partial charge in [-0.1, -0.05) is 369 Å². The summed E-state index contributed by atoms with van der Waals surface area (Å²) >= 11 is 0. The van der Waals surface area contributed by atoms with Crippen LogP contribution in [0.3, 0.4) is 0 Å². The lowest BCUT2D eigenvalue weighted by atomic mass is 9.99. The Labute approximate surface area is 488 Å². The van der Waals surface area contributed by atoms with Crippen LogP contribution in [0.25, 0.3) is 0 Å². The molecule has 0 aromatic carbocycles. The fourth-order valence-corrected chi connectivity index (χ4v) is 11.3. The van der Waals surface area contributed by atoms with Crippen molar-refractivity contribution in [3.63, 3.8) is 0 Å². The quantitative estimate of drug-likeness (QED) is 0.0343. The van der Waals surface area contributed by atoms with Gasteiger partial charge in [0.2, 0.25) is 0 Å². The molecule has 0 bridgehead atoms. The molecule has 0 saturated carbocycles. The lowest BCUT2D eigenvalue weighted by molar-refractivity contribution is -0.167. The molecule has 0 rings (SSSR count). The Kier molecular flexibility index (Phi) is 61.7. The smallest absolute Gasteiger partial charge is 0.306 e. The Morgan fingerprint density at radius 1 is 0.256 bits per heavy atom. The van der Waals surface area contributed by atoms with E-state index in [9.17, 15) is 14.4 Å². The van der Waals surface area contributed by atoms with Gasteiger partial charge in [0.25, 0.3) is 0 Å². The molecule has 0 heterocycles. The number of esters is 3. The molecule has 0 aromatic rings. The van der Waals surface area contributed by atoms with Gasteiger partial charge in [-0.05, 0) is 37.0 Å². The molecule has 0 spiro atoms. The first-order chi connectivity index (χ1) is 38.1. The predicted octanol–water partition coefficient (Wildman–Crippen LogP) is 24.2. The molecule has 2 atom stereocenters. The number of hydrogen-bond acceptors (Lipinski definition) is 6. The van der Waals surface area contributed by atoms with E-state index in [2.05, 4.69) is 41.5 Å². The lowest BCUT2D eigenvalue weighted by Gasteiger charge is -2.18. The third-order valence-corrected chi connectivity index (χ3v) is 17.0. The summed E-state index contributed by atoms with van der Waals surface area (Å²) in [5.74, 6) is 1.79. The van der Waals surface area contributed by atoms with Crippen molar-refractivity contribution in [2.24, 2.45) is 17.8 Å². The second-order valence-corrected chi connectivity index (χ2v) is 26.1. The molecule has 0 N–H and O–H groups in total. The molecule has 0 aliphatic carbocycles. The molecular formula is C72H140O6. The van der Waals surface area contributed by atoms with Gasteiger partial charge in [-0.15, -0.1) is 0 Å². The van der Waals surface area contributed by atoms with E-state index in [-0.39, 0.29) is 31.1 Å². The fourth-order valence-electron chi connectivity index (χ4n) is 11.3. The maximum atomic E-state index is 13.0. The number of unbranched alkanes of at least 4 members (excludes halogenated alkanes) is 47. The second-order valence-electron chi connectivity index (χ2n) is 26.1. The second kappa shape index (κ2) is 63.0. The Balaban J connectivity index is 4.28. The molecule has 0 saturated heterocycles. The van der Waals surface area contributed by atoms with Gasteiger partial charge in [0.1, 0.15) is 13.2 Å². The molecule has 6 heteroatoms. The lowest BCUT2D eigenvalue weighted by Crippen LogP contribution is -2.30. The zero-order valence-corrected chi connectivity index (χ0v) is 54.0. The van der Waals surface area contributed by atoms with Crippen LogP contribution in [0.5, 0.6) is 0 Å². The number of carbonyl (C=O) groups is 3. The van der Waals surface area contributed by atoms with Crippen molar-refractivity contribution in [3.05, 3.63) is 0 Å². The first kappa shape index (κ1) is 76.4. The monoisotopic (exact) mass is 1100 g/mol. The van der Waals surface area contributed by atoms with E-state index in [1.165, 1.54) is 289 Å². The minimum absolute atomic E-state index is 0.0617. The SMILES string of the molecule is CCC(C)CCCCCCCCCCCCCCCCC(=O)OC[C@H](COC(=O)CCCCCCCCCCCCCCCCCCCCC(C)C)OC(=O)CCCCCCCCCCCCCCCCCCCCC(C)C. The van der Waals surface area contributed by atoms with Crippen LogP contribution >= 0.6 is 0 Å². The Bertz CT molecular complexity index is 1210. The number of carbonyl (C=O) groups excluding carboxylic acids is 3. The van der Waals surface area contributed by atoms with Crippen molar-refractivity contribution in [3.8, 4) is 0 Å². The Hall–Kier alpha value is -1.59. The van der Waals surface area contributed by atoms with Crippen molar-refractivity contribution >= 4 is 17.9 Å². The van der Waals surface area contributed by atoms with E-state index < -0.39 is 6.10 Å². The molecule has 0 amide bonds. The highest BCUT2D eigenvalue weighted by Crippen LogP contribution is 2.20. The van der Waals surface area contributed by atoms with Crippen LogP contribution in [0.1, 0.15) is 408 Å². The normalized spacial score (nSPS) is 12.5. The van der Waals surface area contributed by atoms with Crippen LogP contribution in [0.4, 0.5) is 0 Å². The summed E-state index contributed by atoms with van der Waals surface area (Å²) in [6.45, 7) is 13.9. The molecule has 0 radical (unpaired) electrons.